The van der Waals surface area contributed by atoms with Crippen LogP contribution in [0, 0.1) is 0 Å². The second kappa shape index (κ2) is 5.77. The second-order valence-electron chi connectivity index (χ2n) is 3.41. The zero-order valence-electron chi connectivity index (χ0n) is 9.10. The van der Waals surface area contributed by atoms with Crippen molar-refractivity contribution in [1.82, 2.24) is 4.72 Å². The maximum absolute atomic E-state index is 11.9. The molecule has 90 valence electrons. The van der Waals surface area contributed by atoms with E-state index < -0.39 is 10.0 Å². The summed E-state index contributed by atoms with van der Waals surface area (Å²) in [6.07, 6.45) is 0. The number of hydrogen-bond donors (Lipinski definition) is 1. The summed E-state index contributed by atoms with van der Waals surface area (Å²) >= 11 is 3.21. The number of nitrogens with one attached hydrogen (secondary N) is 1. The summed E-state index contributed by atoms with van der Waals surface area (Å²) in [6, 6.07) is 6.42. The van der Waals surface area contributed by atoms with Crippen molar-refractivity contribution in [3.63, 3.8) is 0 Å². The second-order valence-corrected chi connectivity index (χ2v) is 5.94. The van der Waals surface area contributed by atoms with Gasteiger partial charge in [0.15, 0.2) is 0 Å². The molecule has 0 aromatic heterocycles. The number of hydrogen-bond acceptors (Lipinski definition) is 3. The van der Waals surface area contributed by atoms with E-state index in [1.807, 2.05) is 0 Å². The van der Waals surface area contributed by atoms with Gasteiger partial charge in [0.25, 0.3) is 0 Å². The number of sulfonamides is 1. The Labute approximate surface area is 104 Å². The molecule has 1 aromatic carbocycles. The Morgan fingerprint density at radius 2 is 2.06 bits per heavy atom. The predicted octanol–water partition coefficient (Wildman–Crippen LogP) is 1.76. The third kappa shape index (κ3) is 3.55. The first kappa shape index (κ1) is 13.6. The molecule has 0 heterocycles. The summed E-state index contributed by atoms with van der Waals surface area (Å²) in [4.78, 5) is 0.234. The number of methoxy groups -OCH3 is 1. The minimum absolute atomic E-state index is 0.234. The summed E-state index contributed by atoms with van der Waals surface area (Å²) < 4.78 is 31.8. The van der Waals surface area contributed by atoms with Crippen LogP contribution in [0.2, 0.25) is 0 Å². The maximum atomic E-state index is 11.9. The van der Waals surface area contributed by atoms with Crippen LogP contribution in [0.1, 0.15) is 6.92 Å². The topological polar surface area (TPSA) is 55.4 Å². The fraction of sp³-hybridized carbons (Fsp3) is 0.400. The third-order valence-corrected chi connectivity index (χ3v) is 4.50. The zero-order chi connectivity index (χ0) is 12.2. The van der Waals surface area contributed by atoms with Crippen LogP contribution in [0.5, 0.6) is 0 Å². The average Bonchev–Trinajstić information content (AvgIpc) is 2.17. The summed E-state index contributed by atoms with van der Waals surface area (Å²) in [5.74, 6) is 0. The lowest BCUT2D eigenvalue weighted by atomic mass is 10.4. The normalized spacial score (nSPS) is 13.7. The third-order valence-electron chi connectivity index (χ3n) is 1.90. The van der Waals surface area contributed by atoms with Gasteiger partial charge in [0, 0.05) is 17.6 Å². The lowest BCUT2D eigenvalue weighted by Gasteiger charge is -2.13. The van der Waals surface area contributed by atoms with Gasteiger partial charge in [-0.1, -0.05) is 12.1 Å². The van der Waals surface area contributed by atoms with Crippen LogP contribution in [-0.2, 0) is 14.8 Å². The fourth-order valence-corrected chi connectivity index (χ4v) is 3.51. The van der Waals surface area contributed by atoms with Crippen molar-refractivity contribution in [2.45, 2.75) is 17.9 Å². The lowest BCUT2D eigenvalue weighted by molar-refractivity contribution is 0.180. The van der Waals surface area contributed by atoms with Crippen LogP contribution in [0.25, 0.3) is 0 Å². The molecular weight excluding hydrogens is 294 g/mol. The maximum Gasteiger partial charge on any atom is 0.242 e. The average molecular weight is 308 g/mol. The van der Waals surface area contributed by atoms with Crippen molar-refractivity contribution in [2.24, 2.45) is 0 Å². The first-order chi connectivity index (χ1) is 7.47. The van der Waals surface area contributed by atoms with Gasteiger partial charge in [-0.25, -0.2) is 13.1 Å². The Hall–Kier alpha value is -0.430. The molecule has 0 spiro atoms. The van der Waals surface area contributed by atoms with Gasteiger partial charge >= 0.3 is 0 Å². The molecule has 0 aliphatic carbocycles. The van der Waals surface area contributed by atoms with E-state index >= 15 is 0 Å². The SMILES string of the molecule is COCC(C)NS(=O)(=O)c1ccccc1Br. The highest BCUT2D eigenvalue weighted by molar-refractivity contribution is 9.10. The number of benzene rings is 1. The number of rotatable bonds is 5. The number of halogens is 1. The summed E-state index contributed by atoms with van der Waals surface area (Å²) in [5.41, 5.74) is 0. The molecule has 0 radical (unpaired) electrons. The quantitative estimate of drug-likeness (QED) is 0.902. The van der Waals surface area contributed by atoms with Crippen molar-refractivity contribution in [1.29, 1.82) is 0 Å². The van der Waals surface area contributed by atoms with E-state index in [9.17, 15) is 8.42 Å². The Kier molecular flexibility index (Phi) is 4.91. The lowest BCUT2D eigenvalue weighted by Crippen LogP contribution is -2.35. The van der Waals surface area contributed by atoms with Crippen LogP contribution in [-0.4, -0.2) is 28.2 Å². The molecule has 1 N–H and O–H groups in total. The Morgan fingerprint density at radius 1 is 1.44 bits per heavy atom. The van der Waals surface area contributed by atoms with Crippen LogP contribution < -0.4 is 4.72 Å². The highest BCUT2D eigenvalue weighted by Gasteiger charge is 2.19. The minimum atomic E-state index is -3.49. The van der Waals surface area contributed by atoms with Gasteiger partial charge in [0.2, 0.25) is 10.0 Å². The van der Waals surface area contributed by atoms with Crippen LogP contribution >= 0.6 is 15.9 Å². The molecule has 6 heteroatoms. The van der Waals surface area contributed by atoms with E-state index in [0.29, 0.717) is 11.1 Å². The fourth-order valence-electron chi connectivity index (χ4n) is 1.28. The van der Waals surface area contributed by atoms with Crippen LogP contribution in [0.4, 0.5) is 0 Å². The molecule has 1 unspecified atom stereocenters. The molecule has 0 aliphatic heterocycles. The summed E-state index contributed by atoms with van der Waals surface area (Å²) in [5, 5.41) is 0. The predicted molar refractivity (Wildman–Crippen MR) is 65.8 cm³/mol. The van der Waals surface area contributed by atoms with Gasteiger partial charge < -0.3 is 4.74 Å². The first-order valence-corrected chi connectivity index (χ1v) is 7.01. The van der Waals surface area contributed by atoms with E-state index in [2.05, 4.69) is 20.7 Å². The smallest absolute Gasteiger partial charge is 0.242 e. The monoisotopic (exact) mass is 307 g/mol. The highest BCUT2D eigenvalue weighted by Crippen LogP contribution is 2.20. The molecule has 0 amide bonds. The molecule has 0 fully saturated rings. The molecule has 0 aliphatic rings. The number of ether oxygens (including phenoxy) is 1. The zero-order valence-corrected chi connectivity index (χ0v) is 11.5. The molecule has 1 rings (SSSR count). The molecule has 0 saturated heterocycles. The molecule has 16 heavy (non-hydrogen) atoms. The molecule has 0 bridgehead atoms. The minimum Gasteiger partial charge on any atom is -0.383 e. The largest absolute Gasteiger partial charge is 0.383 e. The van der Waals surface area contributed by atoms with E-state index in [1.54, 1.807) is 31.2 Å². The van der Waals surface area contributed by atoms with Gasteiger partial charge in [0.05, 0.1) is 11.5 Å². The Balaban J connectivity index is 2.91. The molecule has 0 saturated carbocycles. The first-order valence-electron chi connectivity index (χ1n) is 4.73. The van der Waals surface area contributed by atoms with Gasteiger partial charge in [-0.3, -0.25) is 0 Å². The van der Waals surface area contributed by atoms with Crippen molar-refractivity contribution < 1.29 is 13.2 Å². The van der Waals surface area contributed by atoms with Gasteiger partial charge in [-0.2, -0.15) is 0 Å². The van der Waals surface area contributed by atoms with E-state index in [4.69, 9.17) is 4.74 Å². The van der Waals surface area contributed by atoms with Crippen LogP contribution in [0.15, 0.2) is 33.6 Å². The summed E-state index contributed by atoms with van der Waals surface area (Å²) in [6.45, 7) is 2.08. The molecule has 4 nitrogen and oxygen atoms in total. The Bertz CT molecular complexity index is 447. The van der Waals surface area contributed by atoms with Crippen molar-refractivity contribution in [3.05, 3.63) is 28.7 Å². The van der Waals surface area contributed by atoms with Crippen molar-refractivity contribution in [3.8, 4) is 0 Å². The van der Waals surface area contributed by atoms with Gasteiger partial charge in [0.1, 0.15) is 0 Å². The van der Waals surface area contributed by atoms with E-state index in [-0.39, 0.29) is 10.9 Å². The Morgan fingerprint density at radius 3 is 2.62 bits per heavy atom. The summed E-state index contributed by atoms with van der Waals surface area (Å²) in [7, 11) is -1.96. The standard InChI is InChI=1S/C10H14BrNO3S/c1-8(7-15-2)12-16(13,14)10-6-4-3-5-9(10)11/h3-6,8,12H,7H2,1-2H3. The molecule has 1 aromatic rings. The van der Waals surface area contributed by atoms with E-state index in [1.165, 1.54) is 7.11 Å². The molecule has 1 atom stereocenters. The van der Waals surface area contributed by atoms with Crippen molar-refractivity contribution >= 4 is 26.0 Å². The van der Waals surface area contributed by atoms with Crippen molar-refractivity contribution in [2.75, 3.05) is 13.7 Å². The molecular formula is C10H14BrNO3S. The van der Waals surface area contributed by atoms with E-state index in [0.717, 1.165) is 0 Å². The van der Waals surface area contributed by atoms with Crippen LogP contribution in [0.3, 0.4) is 0 Å². The van der Waals surface area contributed by atoms with Gasteiger partial charge in [-0.05, 0) is 35.0 Å². The van der Waals surface area contributed by atoms with Gasteiger partial charge in [-0.15, -0.1) is 0 Å². The highest BCUT2D eigenvalue weighted by atomic mass is 79.9.